The van der Waals surface area contributed by atoms with E-state index in [1.54, 1.807) is 0 Å². The van der Waals surface area contributed by atoms with Gasteiger partial charge in [0.15, 0.2) is 0 Å². The highest BCUT2D eigenvalue weighted by molar-refractivity contribution is 5.95. The maximum atomic E-state index is 4.19. The van der Waals surface area contributed by atoms with Crippen molar-refractivity contribution in [3.63, 3.8) is 0 Å². The van der Waals surface area contributed by atoms with E-state index in [1.165, 1.54) is 28.4 Å². The Morgan fingerprint density at radius 3 is 3.24 bits per heavy atom. The van der Waals surface area contributed by atoms with Crippen LogP contribution in [0.5, 0.6) is 0 Å². The molecule has 4 rings (SSSR count). The summed E-state index contributed by atoms with van der Waals surface area (Å²) in [5.74, 6) is 1.37. The van der Waals surface area contributed by atoms with Crippen LogP contribution in [0.2, 0.25) is 0 Å². The molecule has 0 saturated heterocycles. The van der Waals surface area contributed by atoms with Crippen molar-refractivity contribution in [2.45, 2.75) is 12.3 Å². The van der Waals surface area contributed by atoms with Gasteiger partial charge in [-0.2, -0.15) is 0 Å². The normalized spacial score (nSPS) is 25.4. The van der Waals surface area contributed by atoms with Crippen molar-refractivity contribution < 1.29 is 0 Å². The average molecular weight is 222 g/mol. The van der Waals surface area contributed by atoms with Crippen LogP contribution in [-0.4, -0.2) is 11.5 Å². The summed E-state index contributed by atoms with van der Waals surface area (Å²) in [5.41, 5.74) is 2.77. The highest BCUT2D eigenvalue weighted by Crippen LogP contribution is 2.43. The van der Waals surface area contributed by atoms with Crippen LogP contribution in [0.15, 0.2) is 42.7 Å². The topological polar surface area (TPSA) is 24.9 Å². The van der Waals surface area contributed by atoms with Crippen LogP contribution < -0.4 is 5.32 Å². The second-order valence-corrected chi connectivity index (χ2v) is 4.96. The quantitative estimate of drug-likeness (QED) is 0.692. The molecule has 1 aromatic heterocycles. The summed E-state index contributed by atoms with van der Waals surface area (Å²) in [5, 5.41) is 6.13. The fourth-order valence-corrected chi connectivity index (χ4v) is 3.17. The van der Waals surface area contributed by atoms with E-state index in [0.717, 1.165) is 12.5 Å². The lowest BCUT2D eigenvalue weighted by Gasteiger charge is -2.30. The summed E-state index contributed by atoms with van der Waals surface area (Å²) < 4.78 is 0. The van der Waals surface area contributed by atoms with Crippen molar-refractivity contribution in [2.75, 3.05) is 11.9 Å². The smallest absolute Gasteiger partial charge is 0.0459 e. The van der Waals surface area contributed by atoms with E-state index in [2.05, 4.69) is 40.7 Å². The van der Waals surface area contributed by atoms with Crippen molar-refractivity contribution in [3.8, 4) is 0 Å². The van der Waals surface area contributed by atoms with Crippen LogP contribution in [0.3, 0.4) is 0 Å². The van der Waals surface area contributed by atoms with Gasteiger partial charge in [-0.1, -0.05) is 24.3 Å². The van der Waals surface area contributed by atoms with E-state index in [1.807, 2.05) is 12.4 Å². The third-order valence-electron chi connectivity index (χ3n) is 4.04. The Morgan fingerprint density at radius 2 is 2.24 bits per heavy atom. The number of fused-ring (bicyclic) bond motifs is 5. The monoisotopic (exact) mass is 222 g/mol. The number of nitrogens with one attached hydrogen (secondary N) is 1. The van der Waals surface area contributed by atoms with E-state index < -0.39 is 0 Å². The molecule has 0 saturated carbocycles. The number of pyridine rings is 1. The molecule has 0 fully saturated rings. The van der Waals surface area contributed by atoms with Gasteiger partial charge in [0.25, 0.3) is 0 Å². The molecule has 0 spiro atoms. The Balaban J connectivity index is 1.99. The van der Waals surface area contributed by atoms with Gasteiger partial charge in [-0.15, -0.1) is 0 Å². The highest BCUT2D eigenvalue weighted by atomic mass is 14.9. The molecule has 2 heteroatoms. The largest absolute Gasteiger partial charge is 0.384 e. The van der Waals surface area contributed by atoms with Crippen LogP contribution in [0.1, 0.15) is 17.9 Å². The van der Waals surface area contributed by atoms with Gasteiger partial charge in [0.05, 0.1) is 0 Å². The number of aromatic nitrogens is 1. The highest BCUT2D eigenvalue weighted by Gasteiger charge is 2.30. The first-order valence-electron chi connectivity index (χ1n) is 6.20. The molecular weight excluding hydrogens is 208 g/mol. The van der Waals surface area contributed by atoms with E-state index in [-0.39, 0.29) is 0 Å². The van der Waals surface area contributed by atoms with E-state index in [4.69, 9.17) is 0 Å². The van der Waals surface area contributed by atoms with Gasteiger partial charge >= 0.3 is 0 Å². The minimum Gasteiger partial charge on any atom is -0.384 e. The SMILES string of the molecule is C1=C[C@@H]2c3ccc4cnccc4c3NC[C@@H]2C1. The number of rotatable bonds is 0. The zero-order chi connectivity index (χ0) is 11.2. The number of anilines is 1. The van der Waals surface area contributed by atoms with Crippen molar-refractivity contribution in [1.82, 2.24) is 4.98 Å². The Hall–Kier alpha value is -1.83. The van der Waals surface area contributed by atoms with Crippen molar-refractivity contribution in [1.29, 1.82) is 0 Å². The molecule has 1 N–H and O–H groups in total. The van der Waals surface area contributed by atoms with Crippen LogP contribution in [-0.2, 0) is 0 Å². The van der Waals surface area contributed by atoms with Gasteiger partial charge in [0, 0.05) is 41.3 Å². The summed E-state index contributed by atoms with van der Waals surface area (Å²) in [6.45, 7) is 1.09. The maximum Gasteiger partial charge on any atom is 0.0459 e. The van der Waals surface area contributed by atoms with Gasteiger partial charge < -0.3 is 5.32 Å². The Morgan fingerprint density at radius 1 is 1.24 bits per heavy atom. The number of benzene rings is 1. The Kier molecular flexibility index (Phi) is 1.81. The van der Waals surface area contributed by atoms with Crippen molar-refractivity contribution >= 4 is 16.5 Å². The minimum atomic E-state index is 0.615. The summed E-state index contributed by atoms with van der Waals surface area (Å²) >= 11 is 0. The lowest BCUT2D eigenvalue weighted by molar-refractivity contribution is 0.523. The molecule has 2 aromatic rings. The number of nitrogens with zero attached hydrogens (tertiary/aromatic N) is 1. The second kappa shape index (κ2) is 3.33. The molecule has 0 unspecified atom stereocenters. The first-order valence-corrected chi connectivity index (χ1v) is 6.20. The summed E-state index contributed by atoms with van der Waals surface area (Å²) in [4.78, 5) is 4.19. The Bertz CT molecular complexity index is 615. The van der Waals surface area contributed by atoms with Crippen LogP contribution in [0.4, 0.5) is 5.69 Å². The molecule has 0 amide bonds. The molecule has 0 bridgehead atoms. The van der Waals surface area contributed by atoms with Gasteiger partial charge in [-0.25, -0.2) is 0 Å². The van der Waals surface area contributed by atoms with Crippen LogP contribution in [0.25, 0.3) is 10.8 Å². The van der Waals surface area contributed by atoms with Gasteiger partial charge in [0.2, 0.25) is 0 Å². The maximum absolute atomic E-state index is 4.19. The molecule has 1 aliphatic heterocycles. The third-order valence-corrected chi connectivity index (χ3v) is 4.04. The fourth-order valence-electron chi connectivity index (χ4n) is 3.17. The van der Waals surface area contributed by atoms with Gasteiger partial charge in [0.1, 0.15) is 0 Å². The van der Waals surface area contributed by atoms with E-state index >= 15 is 0 Å². The minimum absolute atomic E-state index is 0.615. The second-order valence-electron chi connectivity index (χ2n) is 4.96. The van der Waals surface area contributed by atoms with E-state index in [0.29, 0.717) is 5.92 Å². The predicted molar refractivity (Wildman–Crippen MR) is 70.2 cm³/mol. The number of hydrogen-bond acceptors (Lipinski definition) is 2. The number of allylic oxidation sites excluding steroid dienone is 2. The van der Waals surface area contributed by atoms with Gasteiger partial charge in [-0.05, 0) is 24.0 Å². The average Bonchev–Trinajstić information content (AvgIpc) is 2.86. The van der Waals surface area contributed by atoms with E-state index in [9.17, 15) is 0 Å². The molecule has 2 heterocycles. The fraction of sp³-hybridized carbons (Fsp3) is 0.267. The van der Waals surface area contributed by atoms with Crippen molar-refractivity contribution in [3.05, 3.63) is 48.3 Å². The third kappa shape index (κ3) is 1.24. The molecule has 2 atom stereocenters. The zero-order valence-corrected chi connectivity index (χ0v) is 9.56. The first-order chi connectivity index (χ1) is 8.43. The molecule has 2 aliphatic rings. The summed E-state index contributed by atoms with van der Waals surface area (Å²) in [7, 11) is 0. The molecule has 0 radical (unpaired) electrons. The van der Waals surface area contributed by atoms with Crippen LogP contribution in [0, 0.1) is 5.92 Å². The lowest BCUT2D eigenvalue weighted by Crippen LogP contribution is -2.24. The lowest BCUT2D eigenvalue weighted by atomic mass is 9.83. The summed E-state index contributed by atoms with van der Waals surface area (Å²) in [6, 6.07) is 6.57. The summed E-state index contributed by atoms with van der Waals surface area (Å²) in [6.07, 6.45) is 9.72. The molecule has 1 aliphatic carbocycles. The van der Waals surface area contributed by atoms with Crippen LogP contribution >= 0.6 is 0 Å². The molecular formula is C15H14N2. The molecule has 17 heavy (non-hydrogen) atoms. The standard InChI is InChI=1S/C15H14N2/c1-2-10-9-17-15-13-6-7-16-8-11(13)4-5-14(15)12(10)3-1/h1,3-8,10,12,17H,2,9H2/t10-,12-/m0/s1. The molecule has 2 nitrogen and oxygen atoms in total. The number of hydrogen-bond donors (Lipinski definition) is 1. The van der Waals surface area contributed by atoms with Gasteiger partial charge in [-0.3, -0.25) is 4.98 Å². The van der Waals surface area contributed by atoms with Crippen molar-refractivity contribution in [2.24, 2.45) is 5.92 Å². The predicted octanol–water partition coefficient (Wildman–Crippen LogP) is 3.32. The first kappa shape index (κ1) is 9.23. The Labute approximate surface area is 100 Å². The molecule has 1 aromatic carbocycles. The molecule has 84 valence electrons. The zero-order valence-electron chi connectivity index (χ0n) is 9.56.